The summed E-state index contributed by atoms with van der Waals surface area (Å²) in [5.74, 6) is -0.202. The average molecular weight is 312 g/mol. The molecule has 118 valence electrons. The Morgan fingerprint density at radius 1 is 1.32 bits per heavy atom. The van der Waals surface area contributed by atoms with Crippen LogP contribution in [0.1, 0.15) is 47.1 Å². The number of aryl methyl sites for hydroxylation is 1. The lowest BCUT2D eigenvalue weighted by Gasteiger charge is -2.10. The van der Waals surface area contributed by atoms with Crippen LogP contribution >= 0.6 is 0 Å². The normalized spacial score (nSPS) is 11.8. The maximum atomic E-state index is 12.7. The highest BCUT2D eigenvalue weighted by atomic mass is 19.4. The fraction of sp³-hybridized carbons (Fsp3) is 0.333. The van der Waals surface area contributed by atoms with Crippen LogP contribution in [-0.4, -0.2) is 11.1 Å². The Hall–Kier alpha value is -2.31. The van der Waals surface area contributed by atoms with Crippen molar-refractivity contribution in [3.05, 3.63) is 46.8 Å². The van der Waals surface area contributed by atoms with Crippen molar-refractivity contribution in [1.82, 2.24) is 5.16 Å². The Morgan fingerprint density at radius 3 is 2.59 bits per heavy atom. The Balaban J connectivity index is 2.29. The molecule has 1 amide bonds. The standard InChI is InChI=1S/C15H15F3N2O2/c1-8(2)13-12(9(3)20-22-13)14(21)19-11-6-4-5-10(7-11)15(16,17)18/h4-8H,1-3H3,(H,19,21). The first-order chi connectivity index (χ1) is 10.2. The van der Waals surface area contributed by atoms with Gasteiger partial charge in [0.2, 0.25) is 0 Å². The Kier molecular flexibility index (Phi) is 4.25. The molecule has 1 aromatic carbocycles. The number of halogens is 3. The molecule has 2 aromatic rings. The summed E-state index contributed by atoms with van der Waals surface area (Å²) in [5, 5.41) is 6.20. The second-order valence-corrected chi connectivity index (χ2v) is 5.19. The largest absolute Gasteiger partial charge is 0.416 e. The summed E-state index contributed by atoms with van der Waals surface area (Å²) in [6.45, 7) is 5.28. The van der Waals surface area contributed by atoms with Gasteiger partial charge in [0.15, 0.2) is 5.76 Å². The molecule has 1 N–H and O–H groups in total. The zero-order valence-electron chi connectivity index (χ0n) is 12.3. The zero-order chi connectivity index (χ0) is 16.5. The number of hydrogen-bond donors (Lipinski definition) is 1. The number of carbonyl (C=O) groups is 1. The van der Waals surface area contributed by atoms with Crippen molar-refractivity contribution in [2.45, 2.75) is 32.9 Å². The van der Waals surface area contributed by atoms with Crippen LogP contribution in [0.5, 0.6) is 0 Å². The van der Waals surface area contributed by atoms with Crippen LogP contribution in [-0.2, 0) is 6.18 Å². The summed E-state index contributed by atoms with van der Waals surface area (Å²) in [5.41, 5.74) is -0.104. The average Bonchev–Trinajstić information content (AvgIpc) is 2.80. The number of hydrogen-bond acceptors (Lipinski definition) is 3. The summed E-state index contributed by atoms with van der Waals surface area (Å²) >= 11 is 0. The molecule has 7 heteroatoms. The van der Waals surface area contributed by atoms with Crippen LogP contribution in [0.2, 0.25) is 0 Å². The minimum atomic E-state index is -4.46. The molecule has 1 aromatic heterocycles. The van der Waals surface area contributed by atoms with Crippen LogP contribution in [0.3, 0.4) is 0 Å². The minimum absolute atomic E-state index is 0.0649. The molecule has 0 aliphatic carbocycles. The van der Waals surface area contributed by atoms with Gasteiger partial charge < -0.3 is 9.84 Å². The third-order valence-corrected chi connectivity index (χ3v) is 3.09. The molecular formula is C15H15F3N2O2. The number of aromatic nitrogens is 1. The third-order valence-electron chi connectivity index (χ3n) is 3.09. The van der Waals surface area contributed by atoms with E-state index in [0.717, 1.165) is 12.1 Å². The van der Waals surface area contributed by atoms with E-state index in [4.69, 9.17) is 4.52 Å². The fourth-order valence-corrected chi connectivity index (χ4v) is 2.02. The smallest absolute Gasteiger partial charge is 0.360 e. The lowest BCUT2D eigenvalue weighted by atomic mass is 10.0. The number of carbonyl (C=O) groups excluding carboxylic acids is 1. The summed E-state index contributed by atoms with van der Waals surface area (Å²) in [6, 6.07) is 4.46. The second kappa shape index (κ2) is 5.82. The maximum absolute atomic E-state index is 12.7. The van der Waals surface area contributed by atoms with E-state index in [2.05, 4.69) is 10.5 Å². The number of rotatable bonds is 3. The van der Waals surface area contributed by atoms with Gasteiger partial charge in [-0.05, 0) is 25.1 Å². The lowest BCUT2D eigenvalue weighted by Crippen LogP contribution is -2.15. The van der Waals surface area contributed by atoms with Crippen molar-refractivity contribution in [2.75, 3.05) is 5.32 Å². The molecule has 0 saturated carbocycles. The van der Waals surface area contributed by atoms with Crippen molar-refractivity contribution >= 4 is 11.6 Å². The molecule has 0 unspecified atom stereocenters. The quantitative estimate of drug-likeness (QED) is 0.915. The van der Waals surface area contributed by atoms with E-state index in [9.17, 15) is 18.0 Å². The number of amides is 1. The van der Waals surface area contributed by atoms with Crippen molar-refractivity contribution in [3.63, 3.8) is 0 Å². The molecule has 4 nitrogen and oxygen atoms in total. The van der Waals surface area contributed by atoms with Crippen molar-refractivity contribution in [2.24, 2.45) is 0 Å². The molecule has 0 saturated heterocycles. The van der Waals surface area contributed by atoms with Gasteiger partial charge in [-0.3, -0.25) is 4.79 Å². The van der Waals surface area contributed by atoms with Crippen molar-refractivity contribution < 1.29 is 22.5 Å². The summed E-state index contributed by atoms with van der Waals surface area (Å²) in [7, 11) is 0. The number of anilines is 1. The van der Waals surface area contributed by atoms with E-state index in [0.29, 0.717) is 11.5 Å². The first-order valence-electron chi connectivity index (χ1n) is 6.65. The topological polar surface area (TPSA) is 55.1 Å². The highest BCUT2D eigenvalue weighted by molar-refractivity contribution is 6.05. The van der Waals surface area contributed by atoms with Gasteiger partial charge in [0.25, 0.3) is 5.91 Å². The molecule has 2 rings (SSSR count). The van der Waals surface area contributed by atoms with Gasteiger partial charge in [0.1, 0.15) is 5.56 Å². The monoisotopic (exact) mass is 312 g/mol. The van der Waals surface area contributed by atoms with E-state index in [1.807, 2.05) is 13.8 Å². The predicted octanol–water partition coefficient (Wildman–Crippen LogP) is 4.38. The van der Waals surface area contributed by atoms with Crippen LogP contribution < -0.4 is 5.32 Å². The van der Waals surface area contributed by atoms with E-state index in [1.165, 1.54) is 12.1 Å². The van der Waals surface area contributed by atoms with E-state index >= 15 is 0 Å². The van der Waals surface area contributed by atoms with Gasteiger partial charge in [-0.1, -0.05) is 25.1 Å². The highest BCUT2D eigenvalue weighted by Crippen LogP contribution is 2.31. The SMILES string of the molecule is Cc1noc(C(C)C)c1C(=O)Nc1cccc(C(F)(F)F)c1. The molecule has 0 bridgehead atoms. The Morgan fingerprint density at radius 2 is 2.00 bits per heavy atom. The molecule has 0 atom stereocenters. The van der Waals surface area contributed by atoms with Gasteiger partial charge in [-0.25, -0.2) is 0 Å². The molecule has 0 radical (unpaired) electrons. The fourth-order valence-electron chi connectivity index (χ4n) is 2.02. The molecule has 0 aliphatic rings. The zero-order valence-corrected chi connectivity index (χ0v) is 12.3. The Labute approximate surface area is 125 Å². The number of benzene rings is 1. The van der Waals surface area contributed by atoms with E-state index in [-0.39, 0.29) is 17.2 Å². The Bertz CT molecular complexity index is 690. The minimum Gasteiger partial charge on any atom is -0.360 e. The molecule has 0 aliphatic heterocycles. The van der Waals surface area contributed by atoms with Crippen molar-refractivity contribution in [3.8, 4) is 0 Å². The second-order valence-electron chi connectivity index (χ2n) is 5.19. The lowest BCUT2D eigenvalue weighted by molar-refractivity contribution is -0.137. The van der Waals surface area contributed by atoms with Crippen LogP contribution in [0.25, 0.3) is 0 Å². The van der Waals surface area contributed by atoms with Crippen LogP contribution in [0, 0.1) is 6.92 Å². The van der Waals surface area contributed by atoms with Crippen LogP contribution in [0.15, 0.2) is 28.8 Å². The number of nitrogens with one attached hydrogen (secondary N) is 1. The number of alkyl halides is 3. The molecule has 0 spiro atoms. The van der Waals surface area contributed by atoms with Gasteiger partial charge in [-0.15, -0.1) is 0 Å². The van der Waals surface area contributed by atoms with Crippen molar-refractivity contribution in [1.29, 1.82) is 0 Å². The highest BCUT2D eigenvalue weighted by Gasteiger charge is 2.30. The van der Waals surface area contributed by atoms with E-state index in [1.54, 1.807) is 6.92 Å². The number of nitrogens with zero attached hydrogens (tertiary/aromatic N) is 1. The third kappa shape index (κ3) is 3.29. The molecular weight excluding hydrogens is 297 g/mol. The molecule has 22 heavy (non-hydrogen) atoms. The predicted molar refractivity (Wildman–Crippen MR) is 74.7 cm³/mol. The summed E-state index contributed by atoms with van der Waals surface area (Å²) in [6.07, 6.45) is -4.46. The maximum Gasteiger partial charge on any atom is 0.416 e. The van der Waals surface area contributed by atoms with Crippen LogP contribution in [0.4, 0.5) is 18.9 Å². The van der Waals surface area contributed by atoms with Gasteiger partial charge in [-0.2, -0.15) is 13.2 Å². The molecule has 1 heterocycles. The summed E-state index contributed by atoms with van der Waals surface area (Å²) in [4.78, 5) is 12.3. The first-order valence-corrected chi connectivity index (χ1v) is 6.65. The van der Waals surface area contributed by atoms with E-state index < -0.39 is 17.6 Å². The van der Waals surface area contributed by atoms with Gasteiger partial charge in [0, 0.05) is 11.6 Å². The summed E-state index contributed by atoms with van der Waals surface area (Å²) < 4.78 is 43.1. The van der Waals surface area contributed by atoms with Gasteiger partial charge in [0.05, 0.1) is 11.3 Å². The first kappa shape index (κ1) is 16.1. The van der Waals surface area contributed by atoms with Gasteiger partial charge >= 0.3 is 6.18 Å². The molecule has 0 fully saturated rings.